The van der Waals surface area contributed by atoms with Gasteiger partial charge in [0, 0.05) is 43.3 Å². The lowest BCUT2D eigenvalue weighted by Crippen LogP contribution is -2.32. The van der Waals surface area contributed by atoms with Gasteiger partial charge in [-0.1, -0.05) is 6.92 Å². The van der Waals surface area contributed by atoms with E-state index in [1.54, 1.807) is 17.7 Å². The molecule has 1 fully saturated rings. The highest BCUT2D eigenvalue weighted by molar-refractivity contribution is 7.13. The van der Waals surface area contributed by atoms with Crippen LogP contribution in [0.5, 0.6) is 0 Å². The maximum absolute atomic E-state index is 4.63. The van der Waals surface area contributed by atoms with Crippen LogP contribution in [0.1, 0.15) is 24.7 Å². The SMILES string of the molecule is CCc1cc(N2CCCN(c3nc(C)cs3)CC2)n2ncnc2n1. The number of anilines is 2. The summed E-state index contributed by atoms with van der Waals surface area (Å²) >= 11 is 1.73. The number of rotatable bonds is 3. The van der Waals surface area contributed by atoms with Gasteiger partial charge in [0.25, 0.3) is 5.78 Å². The Hall–Kier alpha value is -2.22. The molecular formula is C16H21N7S. The molecular weight excluding hydrogens is 322 g/mol. The third kappa shape index (κ3) is 2.82. The fourth-order valence-electron chi connectivity index (χ4n) is 3.08. The first kappa shape index (κ1) is 15.3. The summed E-state index contributed by atoms with van der Waals surface area (Å²) in [6.45, 7) is 8.12. The van der Waals surface area contributed by atoms with E-state index in [2.05, 4.69) is 55.1 Å². The minimum atomic E-state index is 0.681. The second-order valence-electron chi connectivity index (χ2n) is 6.03. The molecule has 0 bridgehead atoms. The van der Waals surface area contributed by atoms with Crippen molar-refractivity contribution in [3.8, 4) is 0 Å². The quantitative estimate of drug-likeness (QED) is 0.726. The molecule has 0 saturated carbocycles. The summed E-state index contributed by atoms with van der Waals surface area (Å²) in [5.41, 5.74) is 2.16. The Morgan fingerprint density at radius 3 is 2.75 bits per heavy atom. The van der Waals surface area contributed by atoms with Crippen molar-refractivity contribution < 1.29 is 0 Å². The summed E-state index contributed by atoms with van der Waals surface area (Å²) in [6, 6.07) is 2.14. The number of aromatic nitrogens is 5. The molecule has 1 aliphatic rings. The van der Waals surface area contributed by atoms with Crippen molar-refractivity contribution in [1.29, 1.82) is 0 Å². The van der Waals surface area contributed by atoms with Crippen LogP contribution >= 0.6 is 11.3 Å². The van der Waals surface area contributed by atoms with E-state index < -0.39 is 0 Å². The Bertz CT molecular complexity index is 840. The van der Waals surface area contributed by atoms with Crippen molar-refractivity contribution in [2.75, 3.05) is 36.0 Å². The van der Waals surface area contributed by atoms with E-state index in [0.29, 0.717) is 5.78 Å². The Labute approximate surface area is 145 Å². The number of hydrogen-bond acceptors (Lipinski definition) is 7. The normalized spacial score (nSPS) is 15.9. The van der Waals surface area contributed by atoms with Gasteiger partial charge in [-0.2, -0.15) is 14.6 Å². The van der Waals surface area contributed by atoms with E-state index in [1.807, 2.05) is 4.52 Å². The average molecular weight is 343 g/mol. The predicted molar refractivity (Wildman–Crippen MR) is 96.1 cm³/mol. The zero-order valence-electron chi connectivity index (χ0n) is 14.0. The molecule has 0 spiro atoms. The van der Waals surface area contributed by atoms with E-state index in [-0.39, 0.29) is 0 Å². The van der Waals surface area contributed by atoms with Gasteiger partial charge in [0.15, 0.2) is 5.13 Å². The molecule has 1 saturated heterocycles. The first-order chi connectivity index (χ1) is 11.7. The molecule has 8 heteroatoms. The van der Waals surface area contributed by atoms with Gasteiger partial charge in [0.1, 0.15) is 12.1 Å². The monoisotopic (exact) mass is 343 g/mol. The molecule has 7 nitrogen and oxygen atoms in total. The van der Waals surface area contributed by atoms with Gasteiger partial charge in [-0.15, -0.1) is 11.3 Å². The largest absolute Gasteiger partial charge is 0.355 e. The summed E-state index contributed by atoms with van der Waals surface area (Å²) in [6.07, 6.45) is 3.57. The van der Waals surface area contributed by atoms with Gasteiger partial charge in [0.05, 0.1) is 5.69 Å². The lowest BCUT2D eigenvalue weighted by Gasteiger charge is -2.24. The van der Waals surface area contributed by atoms with E-state index in [4.69, 9.17) is 0 Å². The molecule has 0 radical (unpaired) electrons. The molecule has 24 heavy (non-hydrogen) atoms. The van der Waals surface area contributed by atoms with Crippen LogP contribution in [0.2, 0.25) is 0 Å². The summed E-state index contributed by atoms with van der Waals surface area (Å²) < 4.78 is 1.85. The predicted octanol–water partition coefficient (Wildman–Crippen LogP) is 2.17. The molecule has 4 rings (SSSR count). The number of hydrogen-bond donors (Lipinski definition) is 0. The Morgan fingerprint density at radius 2 is 1.96 bits per heavy atom. The molecule has 3 aromatic heterocycles. The van der Waals surface area contributed by atoms with Gasteiger partial charge in [-0.25, -0.2) is 9.97 Å². The standard InChI is InChI=1S/C16H21N7S/c1-3-13-9-14(23-15(20-13)17-11-18-23)21-5-4-6-22(8-7-21)16-19-12(2)10-24-16/h9-11H,3-8H2,1-2H3. The Kier molecular flexibility index (Phi) is 4.05. The maximum Gasteiger partial charge on any atom is 0.254 e. The number of thiazole rings is 1. The fourth-order valence-corrected chi connectivity index (χ4v) is 3.93. The topological polar surface area (TPSA) is 62.5 Å². The van der Waals surface area contributed by atoms with Crippen LogP contribution in [-0.2, 0) is 6.42 Å². The zero-order valence-corrected chi connectivity index (χ0v) is 14.8. The van der Waals surface area contributed by atoms with E-state index in [1.165, 1.54) is 0 Å². The molecule has 126 valence electrons. The molecule has 0 unspecified atom stereocenters. The third-order valence-corrected chi connectivity index (χ3v) is 5.36. The van der Waals surface area contributed by atoms with E-state index in [9.17, 15) is 0 Å². The molecule has 4 heterocycles. The fraction of sp³-hybridized carbons (Fsp3) is 0.500. The number of nitrogens with zero attached hydrogens (tertiary/aromatic N) is 7. The first-order valence-electron chi connectivity index (χ1n) is 8.36. The Morgan fingerprint density at radius 1 is 1.12 bits per heavy atom. The van der Waals surface area contributed by atoms with Gasteiger partial charge < -0.3 is 9.80 Å². The van der Waals surface area contributed by atoms with Gasteiger partial charge >= 0.3 is 0 Å². The van der Waals surface area contributed by atoms with Gasteiger partial charge in [-0.3, -0.25) is 0 Å². The summed E-state index contributed by atoms with van der Waals surface area (Å²) in [7, 11) is 0. The van der Waals surface area contributed by atoms with Crippen molar-refractivity contribution in [3.63, 3.8) is 0 Å². The molecule has 0 amide bonds. The lowest BCUT2D eigenvalue weighted by atomic mass is 10.3. The van der Waals surface area contributed by atoms with Crippen LogP contribution in [-0.4, -0.2) is 50.7 Å². The second-order valence-corrected chi connectivity index (χ2v) is 6.87. The highest BCUT2D eigenvalue weighted by Crippen LogP contribution is 2.23. The summed E-state index contributed by atoms with van der Waals surface area (Å²) in [5, 5.41) is 7.61. The minimum Gasteiger partial charge on any atom is -0.355 e. The number of aryl methyl sites for hydroxylation is 2. The highest BCUT2D eigenvalue weighted by Gasteiger charge is 2.20. The third-order valence-electron chi connectivity index (χ3n) is 4.35. The van der Waals surface area contributed by atoms with Crippen LogP contribution in [0.4, 0.5) is 10.9 Å². The van der Waals surface area contributed by atoms with Gasteiger partial charge in [-0.05, 0) is 19.8 Å². The van der Waals surface area contributed by atoms with Crippen molar-refractivity contribution >= 4 is 28.1 Å². The highest BCUT2D eigenvalue weighted by atomic mass is 32.1. The van der Waals surface area contributed by atoms with Crippen LogP contribution in [0.3, 0.4) is 0 Å². The van der Waals surface area contributed by atoms with Crippen LogP contribution in [0.15, 0.2) is 17.8 Å². The van der Waals surface area contributed by atoms with Crippen molar-refractivity contribution in [2.45, 2.75) is 26.7 Å². The van der Waals surface area contributed by atoms with Crippen molar-refractivity contribution in [2.24, 2.45) is 0 Å². The first-order valence-corrected chi connectivity index (χ1v) is 9.24. The maximum atomic E-state index is 4.63. The van der Waals surface area contributed by atoms with E-state index in [0.717, 1.165) is 61.4 Å². The molecule has 3 aromatic rings. The second kappa shape index (κ2) is 6.35. The van der Waals surface area contributed by atoms with Crippen molar-refractivity contribution in [1.82, 2.24) is 24.6 Å². The zero-order chi connectivity index (χ0) is 16.5. The molecule has 0 aliphatic carbocycles. The van der Waals surface area contributed by atoms with E-state index >= 15 is 0 Å². The van der Waals surface area contributed by atoms with Crippen LogP contribution in [0.25, 0.3) is 5.78 Å². The van der Waals surface area contributed by atoms with Crippen molar-refractivity contribution in [3.05, 3.63) is 29.2 Å². The van der Waals surface area contributed by atoms with Crippen LogP contribution < -0.4 is 9.80 Å². The summed E-state index contributed by atoms with van der Waals surface area (Å²) in [4.78, 5) is 18.2. The molecule has 0 atom stereocenters. The smallest absolute Gasteiger partial charge is 0.254 e. The molecule has 0 N–H and O–H groups in total. The number of fused-ring (bicyclic) bond motifs is 1. The van der Waals surface area contributed by atoms with Crippen LogP contribution in [0, 0.1) is 6.92 Å². The minimum absolute atomic E-state index is 0.681. The lowest BCUT2D eigenvalue weighted by molar-refractivity contribution is 0.765. The summed E-state index contributed by atoms with van der Waals surface area (Å²) in [5.74, 6) is 1.77. The molecule has 1 aliphatic heterocycles. The average Bonchev–Trinajstić information content (AvgIpc) is 3.17. The molecule has 0 aromatic carbocycles. The Balaban J connectivity index is 1.60. The van der Waals surface area contributed by atoms with Gasteiger partial charge in [0.2, 0.25) is 0 Å².